The number of benzene rings is 2. The van der Waals surface area contributed by atoms with Crippen LogP contribution in [0.5, 0.6) is 5.75 Å². The predicted molar refractivity (Wildman–Crippen MR) is 140 cm³/mol. The van der Waals surface area contributed by atoms with E-state index < -0.39 is 11.7 Å². The first kappa shape index (κ1) is 30.3. The summed E-state index contributed by atoms with van der Waals surface area (Å²) in [5.74, 6) is 0.0382. The van der Waals surface area contributed by atoms with Gasteiger partial charge in [-0.2, -0.15) is 0 Å². The van der Waals surface area contributed by atoms with Crippen molar-refractivity contribution < 1.29 is 19.4 Å². The van der Waals surface area contributed by atoms with E-state index in [4.69, 9.17) is 4.74 Å². The standard InChI is InChI=1S/C23H31N3O4.C2H6.C2H2/c1-17(27)24-13-8-14-26(16-18-9-6-5-7-10-18)20-15-19(11-12-21(20)28)25-22(29)30-23(2,3)4;2*1-2/h5-7,9-12,15,28H,8,13-14,16H2,1-4H3,(H,24,27)(H,25,29);1-2H3;1-2H. The van der Waals surface area contributed by atoms with Gasteiger partial charge in [0.25, 0.3) is 0 Å². The average molecular weight is 470 g/mol. The lowest BCUT2D eigenvalue weighted by atomic mass is 10.1. The van der Waals surface area contributed by atoms with E-state index >= 15 is 0 Å². The van der Waals surface area contributed by atoms with E-state index in [0.717, 1.165) is 5.56 Å². The molecule has 0 fully saturated rings. The third kappa shape index (κ3) is 12.4. The minimum atomic E-state index is -0.604. The van der Waals surface area contributed by atoms with Gasteiger partial charge in [0.2, 0.25) is 5.91 Å². The van der Waals surface area contributed by atoms with Gasteiger partial charge in [0, 0.05) is 32.2 Å². The number of carbonyl (C=O) groups excluding carboxylic acids is 2. The van der Waals surface area contributed by atoms with Gasteiger partial charge in [0.05, 0.1) is 5.69 Å². The first-order chi connectivity index (χ1) is 16.1. The second-order valence-corrected chi connectivity index (χ2v) is 8.07. The fourth-order valence-electron chi connectivity index (χ4n) is 2.90. The zero-order valence-corrected chi connectivity index (χ0v) is 21.2. The Bertz CT molecular complexity index is 890. The summed E-state index contributed by atoms with van der Waals surface area (Å²) in [6, 6.07) is 14.8. The third-order valence-corrected chi connectivity index (χ3v) is 4.16. The van der Waals surface area contributed by atoms with E-state index in [2.05, 4.69) is 23.5 Å². The van der Waals surface area contributed by atoms with Crippen molar-refractivity contribution in [3.63, 3.8) is 0 Å². The largest absolute Gasteiger partial charge is 0.506 e. The molecule has 0 aromatic heterocycles. The molecule has 2 aromatic carbocycles. The summed E-state index contributed by atoms with van der Waals surface area (Å²) in [6.07, 6.45) is 8.15. The van der Waals surface area contributed by atoms with Crippen LogP contribution in [0.25, 0.3) is 0 Å². The van der Waals surface area contributed by atoms with Crippen LogP contribution in [0.1, 0.15) is 53.5 Å². The molecule has 186 valence electrons. The number of anilines is 2. The molecule has 0 radical (unpaired) electrons. The van der Waals surface area contributed by atoms with Crippen molar-refractivity contribution in [3.05, 3.63) is 54.1 Å². The van der Waals surface area contributed by atoms with E-state index in [1.807, 2.05) is 49.1 Å². The molecule has 0 unspecified atom stereocenters. The lowest BCUT2D eigenvalue weighted by molar-refractivity contribution is -0.118. The molecule has 34 heavy (non-hydrogen) atoms. The molecule has 0 saturated carbocycles. The molecule has 0 spiro atoms. The quantitative estimate of drug-likeness (QED) is 0.268. The Hall–Kier alpha value is -3.66. The van der Waals surface area contributed by atoms with Crippen molar-refractivity contribution in [1.29, 1.82) is 0 Å². The van der Waals surface area contributed by atoms with Crippen LogP contribution in [-0.4, -0.2) is 35.8 Å². The number of carbonyl (C=O) groups is 2. The number of nitrogens with one attached hydrogen (secondary N) is 2. The maximum absolute atomic E-state index is 12.1. The molecule has 0 aliphatic carbocycles. The first-order valence-electron chi connectivity index (χ1n) is 11.3. The highest BCUT2D eigenvalue weighted by atomic mass is 16.6. The van der Waals surface area contributed by atoms with Crippen molar-refractivity contribution in [2.45, 2.75) is 60.1 Å². The highest BCUT2D eigenvalue weighted by Gasteiger charge is 2.18. The maximum atomic E-state index is 12.1. The van der Waals surface area contributed by atoms with Crippen LogP contribution < -0.4 is 15.5 Å². The van der Waals surface area contributed by atoms with E-state index in [0.29, 0.717) is 37.4 Å². The number of amides is 2. The van der Waals surface area contributed by atoms with E-state index in [1.165, 1.54) is 6.92 Å². The molecular weight excluding hydrogens is 430 g/mol. The Morgan fingerprint density at radius 2 is 1.68 bits per heavy atom. The van der Waals surface area contributed by atoms with Crippen LogP contribution in [0.4, 0.5) is 16.2 Å². The van der Waals surface area contributed by atoms with Gasteiger partial charge in [0.15, 0.2) is 0 Å². The van der Waals surface area contributed by atoms with E-state index in [-0.39, 0.29) is 11.7 Å². The van der Waals surface area contributed by atoms with Gasteiger partial charge in [-0.05, 0) is 51.0 Å². The van der Waals surface area contributed by atoms with Crippen LogP contribution >= 0.6 is 0 Å². The number of hydrogen-bond acceptors (Lipinski definition) is 5. The van der Waals surface area contributed by atoms with Crippen LogP contribution in [0.2, 0.25) is 0 Å². The van der Waals surface area contributed by atoms with Crippen molar-refractivity contribution in [2.24, 2.45) is 0 Å². The van der Waals surface area contributed by atoms with Crippen molar-refractivity contribution in [1.82, 2.24) is 5.32 Å². The number of nitrogens with zero attached hydrogens (tertiary/aromatic N) is 1. The molecule has 2 amide bonds. The second-order valence-electron chi connectivity index (χ2n) is 8.07. The van der Waals surface area contributed by atoms with Gasteiger partial charge < -0.3 is 20.1 Å². The number of phenolic OH excluding ortho intramolecular Hbond substituents is 1. The van der Waals surface area contributed by atoms with Gasteiger partial charge in [-0.3, -0.25) is 10.1 Å². The average Bonchev–Trinajstić information content (AvgIpc) is 2.79. The number of rotatable bonds is 8. The van der Waals surface area contributed by atoms with Crippen LogP contribution in [0.3, 0.4) is 0 Å². The fraction of sp³-hybridized carbons (Fsp3) is 0.407. The highest BCUT2D eigenvalue weighted by molar-refractivity contribution is 5.86. The zero-order valence-electron chi connectivity index (χ0n) is 21.2. The number of terminal acetylenes is 1. The van der Waals surface area contributed by atoms with Crippen molar-refractivity contribution in [2.75, 3.05) is 23.3 Å². The topological polar surface area (TPSA) is 90.9 Å². The number of aromatic hydroxyl groups is 1. The normalized spacial score (nSPS) is 9.88. The summed E-state index contributed by atoms with van der Waals surface area (Å²) in [4.78, 5) is 25.3. The van der Waals surface area contributed by atoms with Gasteiger partial charge >= 0.3 is 6.09 Å². The number of phenols is 1. The van der Waals surface area contributed by atoms with Crippen molar-refractivity contribution >= 4 is 23.4 Å². The van der Waals surface area contributed by atoms with E-state index in [1.54, 1.807) is 39.0 Å². The van der Waals surface area contributed by atoms with Gasteiger partial charge in [-0.25, -0.2) is 4.79 Å². The summed E-state index contributed by atoms with van der Waals surface area (Å²) in [7, 11) is 0. The van der Waals surface area contributed by atoms with Crippen LogP contribution in [0.15, 0.2) is 48.5 Å². The predicted octanol–water partition coefficient (Wildman–Crippen LogP) is 5.55. The third-order valence-electron chi connectivity index (χ3n) is 4.16. The summed E-state index contributed by atoms with van der Waals surface area (Å²) in [5.41, 5.74) is 1.60. The Labute approximate surface area is 204 Å². The number of hydrogen-bond donors (Lipinski definition) is 3. The molecule has 2 aromatic rings. The van der Waals surface area contributed by atoms with Crippen LogP contribution in [0, 0.1) is 12.8 Å². The maximum Gasteiger partial charge on any atom is 0.412 e. The lowest BCUT2D eigenvalue weighted by Crippen LogP contribution is -2.29. The Balaban J connectivity index is 0.00000258. The molecular formula is C27H39N3O4. The molecule has 0 heterocycles. The molecule has 7 nitrogen and oxygen atoms in total. The smallest absolute Gasteiger partial charge is 0.412 e. The zero-order chi connectivity index (χ0) is 26.1. The molecule has 0 atom stereocenters. The molecule has 0 aliphatic heterocycles. The Morgan fingerprint density at radius 3 is 2.24 bits per heavy atom. The fourth-order valence-corrected chi connectivity index (χ4v) is 2.90. The van der Waals surface area contributed by atoms with Crippen LogP contribution in [-0.2, 0) is 16.1 Å². The summed E-state index contributed by atoms with van der Waals surface area (Å²) in [5, 5.41) is 16.0. The minimum Gasteiger partial charge on any atom is -0.506 e. The molecule has 3 N–H and O–H groups in total. The molecule has 0 saturated heterocycles. The van der Waals surface area contributed by atoms with E-state index in [9.17, 15) is 14.7 Å². The van der Waals surface area contributed by atoms with Gasteiger partial charge in [-0.1, -0.05) is 44.2 Å². The Kier molecular flexibility index (Phi) is 14.3. The van der Waals surface area contributed by atoms with Crippen molar-refractivity contribution in [3.8, 4) is 18.6 Å². The highest BCUT2D eigenvalue weighted by Crippen LogP contribution is 2.32. The molecule has 2 rings (SSSR count). The summed E-state index contributed by atoms with van der Waals surface area (Å²) < 4.78 is 5.30. The second kappa shape index (κ2) is 16.0. The molecule has 0 aliphatic rings. The Morgan fingerprint density at radius 1 is 1.06 bits per heavy atom. The number of ether oxygens (including phenoxy) is 1. The monoisotopic (exact) mass is 469 g/mol. The molecule has 7 heteroatoms. The summed E-state index contributed by atoms with van der Waals surface area (Å²) >= 11 is 0. The SMILES string of the molecule is C#C.CC.CC(=O)NCCCN(Cc1ccccc1)c1cc(NC(=O)OC(C)(C)C)ccc1O. The van der Waals surface area contributed by atoms with Gasteiger partial charge in [-0.15, -0.1) is 12.8 Å². The lowest BCUT2D eigenvalue weighted by Gasteiger charge is -2.27. The van der Waals surface area contributed by atoms with Gasteiger partial charge in [0.1, 0.15) is 11.4 Å². The molecule has 0 bridgehead atoms. The summed E-state index contributed by atoms with van der Waals surface area (Å²) in [6.45, 7) is 12.6. The first-order valence-corrected chi connectivity index (χ1v) is 11.3. The minimum absolute atomic E-state index is 0.0731.